The van der Waals surface area contributed by atoms with Gasteiger partial charge in [-0.2, -0.15) is 5.10 Å². The van der Waals surface area contributed by atoms with Crippen LogP contribution in [0.4, 0.5) is 18.9 Å². The molecule has 0 aromatic carbocycles. The average molecular weight is 382 g/mol. The predicted octanol–water partition coefficient (Wildman–Crippen LogP) is 0.888. The summed E-state index contributed by atoms with van der Waals surface area (Å²) < 4.78 is 42.9. The number of rotatable bonds is 3. The van der Waals surface area contributed by atoms with E-state index < -0.39 is 23.7 Å². The summed E-state index contributed by atoms with van der Waals surface area (Å²) in [6.45, 7) is 0.349. The van der Waals surface area contributed by atoms with Crippen LogP contribution in [-0.4, -0.2) is 50.1 Å². The maximum atomic E-state index is 12.5. The van der Waals surface area contributed by atoms with Gasteiger partial charge in [-0.3, -0.25) is 14.5 Å². The second-order valence-corrected chi connectivity index (χ2v) is 6.02. The van der Waals surface area contributed by atoms with Crippen LogP contribution >= 0.6 is 0 Å². The van der Waals surface area contributed by atoms with Gasteiger partial charge in [0, 0.05) is 31.7 Å². The first kappa shape index (κ1) is 17.3. The summed E-state index contributed by atoms with van der Waals surface area (Å²) in [4.78, 5) is 33.6. The number of hydrogen-bond acceptors (Lipinski definition) is 6. The molecule has 9 nitrogen and oxygen atoms in total. The van der Waals surface area contributed by atoms with Crippen LogP contribution in [0.1, 0.15) is 6.42 Å². The van der Waals surface area contributed by atoms with Crippen molar-refractivity contribution in [1.29, 1.82) is 0 Å². The Labute approximate surface area is 148 Å². The minimum atomic E-state index is -4.70. The van der Waals surface area contributed by atoms with E-state index >= 15 is 0 Å². The Morgan fingerprint density at radius 3 is 2.85 bits per heavy atom. The lowest BCUT2D eigenvalue weighted by Gasteiger charge is -2.20. The molecule has 1 atom stereocenters. The summed E-state index contributed by atoms with van der Waals surface area (Å²) >= 11 is 0. The third-order valence-corrected chi connectivity index (χ3v) is 4.22. The molecule has 4 heterocycles. The Morgan fingerprint density at radius 2 is 2.11 bits per heavy atom. The van der Waals surface area contributed by atoms with Crippen molar-refractivity contribution >= 4 is 11.3 Å². The molecule has 2 N–H and O–H groups in total. The van der Waals surface area contributed by atoms with Crippen molar-refractivity contribution in [3.63, 3.8) is 0 Å². The number of aromatic amines is 2. The number of nitrogens with zero attached hydrogens (tertiary/aromatic N) is 4. The highest BCUT2D eigenvalue weighted by Gasteiger charge is 2.37. The lowest BCUT2D eigenvalue weighted by Crippen LogP contribution is -2.28. The molecule has 0 amide bonds. The first-order valence-corrected chi connectivity index (χ1v) is 7.96. The van der Waals surface area contributed by atoms with Crippen molar-refractivity contribution in [1.82, 2.24) is 24.6 Å². The highest BCUT2D eigenvalue weighted by molar-refractivity contribution is 5.74. The molecule has 1 aliphatic rings. The van der Waals surface area contributed by atoms with Crippen LogP contribution in [0.15, 0.2) is 34.2 Å². The minimum Gasteiger partial charge on any atom is -0.366 e. The van der Waals surface area contributed by atoms with Gasteiger partial charge in [0.1, 0.15) is 5.69 Å². The van der Waals surface area contributed by atoms with Gasteiger partial charge < -0.3 is 9.88 Å². The monoisotopic (exact) mass is 382 g/mol. The van der Waals surface area contributed by atoms with Crippen LogP contribution in [0.3, 0.4) is 0 Å². The summed E-state index contributed by atoms with van der Waals surface area (Å²) in [6.07, 6.45) is -1.21. The van der Waals surface area contributed by atoms with Gasteiger partial charge in [-0.15, -0.1) is 13.2 Å². The number of hydrogen-bond donors (Lipinski definition) is 2. The Balaban J connectivity index is 1.74. The number of imidazole rings is 1. The molecule has 1 saturated heterocycles. The molecule has 4 rings (SSSR count). The molecule has 142 valence electrons. The minimum absolute atomic E-state index is 0.0213. The lowest BCUT2D eigenvalue weighted by atomic mass is 10.2. The molecule has 3 aromatic heterocycles. The fourth-order valence-electron chi connectivity index (χ4n) is 3.10. The smallest absolute Gasteiger partial charge is 0.366 e. The number of ether oxygens (including phenoxy) is 1. The molecular weight excluding hydrogens is 369 g/mol. The van der Waals surface area contributed by atoms with E-state index in [1.54, 1.807) is 17.2 Å². The van der Waals surface area contributed by atoms with E-state index in [1.807, 2.05) is 0 Å². The second kappa shape index (κ2) is 6.23. The molecule has 0 radical (unpaired) electrons. The van der Waals surface area contributed by atoms with Crippen molar-refractivity contribution < 1.29 is 17.9 Å². The fraction of sp³-hybridized carbons (Fsp3) is 0.333. The van der Waals surface area contributed by atoms with Crippen LogP contribution < -0.4 is 16.1 Å². The molecule has 0 aliphatic carbocycles. The molecular formula is C15H13F3N6O3. The Morgan fingerprint density at radius 1 is 1.30 bits per heavy atom. The molecule has 0 spiro atoms. The van der Waals surface area contributed by atoms with Crippen molar-refractivity contribution in [2.45, 2.75) is 18.9 Å². The highest BCUT2D eigenvalue weighted by atomic mass is 19.4. The molecule has 0 saturated carbocycles. The molecule has 1 aliphatic heterocycles. The largest absolute Gasteiger partial charge is 0.522 e. The van der Waals surface area contributed by atoms with Gasteiger partial charge >= 0.3 is 12.1 Å². The predicted molar refractivity (Wildman–Crippen MR) is 87.4 cm³/mol. The Bertz CT molecular complexity index is 1100. The van der Waals surface area contributed by atoms with Crippen molar-refractivity contribution in [2.24, 2.45) is 0 Å². The Kier molecular flexibility index (Phi) is 3.98. The van der Waals surface area contributed by atoms with Crippen LogP contribution in [0.25, 0.3) is 16.9 Å². The molecule has 1 fully saturated rings. The standard InChI is InChI=1S/C15H13F3N6O3/c16-15(17,18)27-8-1-3-23(7-8)11-5-10(22-24-4-2-19-12(11)24)9-6-20-14(26)21-13(9)25/h2,4-6,8H,1,3,7H2,(H2,20,21,25,26)/t8-/m0/s1. The zero-order valence-electron chi connectivity index (χ0n) is 13.7. The molecule has 27 heavy (non-hydrogen) atoms. The van der Waals surface area contributed by atoms with Gasteiger partial charge in [0.05, 0.1) is 17.4 Å². The number of aromatic nitrogens is 5. The van der Waals surface area contributed by atoms with Gasteiger partial charge in [0.25, 0.3) is 5.56 Å². The van der Waals surface area contributed by atoms with Crippen molar-refractivity contribution in [3.8, 4) is 11.3 Å². The van der Waals surface area contributed by atoms with E-state index in [9.17, 15) is 22.8 Å². The van der Waals surface area contributed by atoms with Gasteiger partial charge in [-0.1, -0.05) is 0 Å². The van der Waals surface area contributed by atoms with Crippen LogP contribution in [0.5, 0.6) is 0 Å². The van der Waals surface area contributed by atoms with Gasteiger partial charge in [0.15, 0.2) is 5.65 Å². The van der Waals surface area contributed by atoms with Gasteiger partial charge in [0.2, 0.25) is 0 Å². The summed E-state index contributed by atoms with van der Waals surface area (Å²) in [5.74, 6) is 0. The third-order valence-electron chi connectivity index (χ3n) is 4.22. The number of alkyl halides is 3. The number of anilines is 1. The SMILES string of the molecule is O=c1[nH]cc(-c2cc(N3CC[C@H](OC(F)(F)F)C3)c3nccn3n2)c(=O)[nH]1. The second-order valence-electron chi connectivity index (χ2n) is 6.02. The van der Waals surface area contributed by atoms with Crippen LogP contribution in [-0.2, 0) is 4.74 Å². The molecule has 3 aromatic rings. The summed E-state index contributed by atoms with van der Waals surface area (Å²) in [7, 11) is 0. The van der Waals surface area contributed by atoms with Crippen LogP contribution in [0, 0.1) is 0 Å². The lowest BCUT2D eigenvalue weighted by molar-refractivity contribution is -0.339. The van der Waals surface area contributed by atoms with E-state index in [1.165, 1.54) is 16.9 Å². The van der Waals surface area contributed by atoms with E-state index in [-0.39, 0.29) is 24.2 Å². The maximum Gasteiger partial charge on any atom is 0.522 e. The number of H-pyrrole nitrogens is 2. The average Bonchev–Trinajstić information content (AvgIpc) is 3.21. The molecule has 0 unspecified atom stereocenters. The first-order valence-electron chi connectivity index (χ1n) is 7.96. The van der Waals surface area contributed by atoms with E-state index in [4.69, 9.17) is 0 Å². The molecule has 0 bridgehead atoms. The van der Waals surface area contributed by atoms with Crippen LogP contribution in [0.2, 0.25) is 0 Å². The maximum absolute atomic E-state index is 12.5. The number of fused-ring (bicyclic) bond motifs is 1. The van der Waals surface area contributed by atoms with Gasteiger partial charge in [-0.25, -0.2) is 14.3 Å². The van der Waals surface area contributed by atoms with Crippen molar-refractivity contribution in [2.75, 3.05) is 18.0 Å². The highest BCUT2D eigenvalue weighted by Crippen LogP contribution is 2.30. The summed E-state index contributed by atoms with van der Waals surface area (Å²) in [5.41, 5.74) is 0.0359. The van der Waals surface area contributed by atoms with Crippen molar-refractivity contribution in [3.05, 3.63) is 45.5 Å². The first-order chi connectivity index (χ1) is 12.8. The topological polar surface area (TPSA) is 108 Å². The number of halogens is 3. The number of nitrogens with one attached hydrogen (secondary N) is 2. The quantitative estimate of drug-likeness (QED) is 0.697. The molecule has 12 heteroatoms. The zero-order valence-corrected chi connectivity index (χ0v) is 13.7. The summed E-state index contributed by atoms with van der Waals surface area (Å²) in [6, 6.07) is 1.56. The van der Waals surface area contributed by atoms with E-state index in [0.717, 1.165) is 0 Å². The Hall–Kier alpha value is -3.15. The normalized spacial score (nSPS) is 17.7. The third kappa shape index (κ3) is 3.43. The fourth-order valence-corrected chi connectivity index (χ4v) is 3.10. The van der Waals surface area contributed by atoms with E-state index in [2.05, 4.69) is 24.8 Å². The van der Waals surface area contributed by atoms with E-state index in [0.29, 0.717) is 17.9 Å². The summed E-state index contributed by atoms with van der Waals surface area (Å²) in [5, 5.41) is 4.28. The zero-order chi connectivity index (χ0) is 19.2. The van der Waals surface area contributed by atoms with Gasteiger partial charge in [-0.05, 0) is 12.5 Å².